The van der Waals surface area contributed by atoms with E-state index in [1.807, 2.05) is 0 Å². The summed E-state index contributed by atoms with van der Waals surface area (Å²) in [5.74, 6) is 0.817. The Morgan fingerprint density at radius 3 is 2.45 bits per heavy atom. The molecule has 0 radical (unpaired) electrons. The zero-order chi connectivity index (χ0) is 8.10. The first kappa shape index (κ1) is 8.32. The summed E-state index contributed by atoms with van der Waals surface area (Å²) in [5.41, 5.74) is 1.46. The van der Waals surface area contributed by atoms with Crippen molar-refractivity contribution in [1.82, 2.24) is 0 Å². The molecule has 0 aliphatic carbocycles. The molecule has 0 saturated carbocycles. The van der Waals surface area contributed by atoms with Gasteiger partial charge in [-0.05, 0) is 17.9 Å². The van der Waals surface area contributed by atoms with E-state index in [-0.39, 0.29) is 1.43 Å². The lowest BCUT2D eigenvalue weighted by Gasteiger charge is -2.06. The molecule has 0 aliphatic heterocycles. The molecule has 1 rings (SSSR count). The highest BCUT2D eigenvalue weighted by Crippen LogP contribution is 2.10. The van der Waals surface area contributed by atoms with Gasteiger partial charge in [0.1, 0.15) is 0 Å². The highest BCUT2D eigenvalue weighted by atomic mass is 14.0. The highest BCUT2D eigenvalue weighted by Gasteiger charge is 1.98. The van der Waals surface area contributed by atoms with Crippen LogP contribution < -0.4 is 0 Å². The maximum Gasteiger partial charge on any atom is 0 e. The number of hydrogen-bond donors (Lipinski definition) is 0. The Kier molecular flexibility index (Phi) is 3.15. The Morgan fingerprint density at radius 2 is 1.91 bits per heavy atom. The minimum Gasteiger partial charge on any atom is -0.0651 e. The third kappa shape index (κ3) is 2.75. The SMILES string of the molecule is CC[C@@H](C)Cc1ccccc1.[HH]. The summed E-state index contributed by atoms with van der Waals surface area (Å²) in [6, 6.07) is 10.7. The maximum atomic E-state index is 2.30. The smallest absolute Gasteiger partial charge is 0 e. The second-order valence-corrected chi connectivity index (χ2v) is 3.20. The normalized spacial score (nSPS) is 12.9. The van der Waals surface area contributed by atoms with Gasteiger partial charge >= 0.3 is 0 Å². The Morgan fingerprint density at radius 1 is 1.27 bits per heavy atom. The predicted molar refractivity (Wildman–Crippen MR) is 51.7 cm³/mol. The van der Waals surface area contributed by atoms with Crippen LogP contribution in [0, 0.1) is 5.92 Å². The van der Waals surface area contributed by atoms with Crippen LogP contribution in [-0.4, -0.2) is 0 Å². The molecule has 0 N–H and O–H groups in total. The number of benzene rings is 1. The molecule has 1 aromatic carbocycles. The van der Waals surface area contributed by atoms with E-state index in [1.165, 1.54) is 18.4 Å². The van der Waals surface area contributed by atoms with Crippen LogP contribution >= 0.6 is 0 Å². The van der Waals surface area contributed by atoms with E-state index in [9.17, 15) is 0 Å². The van der Waals surface area contributed by atoms with Crippen molar-refractivity contribution < 1.29 is 1.43 Å². The zero-order valence-electron chi connectivity index (χ0n) is 7.38. The van der Waals surface area contributed by atoms with E-state index in [2.05, 4.69) is 44.2 Å². The van der Waals surface area contributed by atoms with Crippen LogP contribution in [0.2, 0.25) is 0 Å². The van der Waals surface area contributed by atoms with Crippen molar-refractivity contribution in [2.45, 2.75) is 26.7 Å². The minimum absolute atomic E-state index is 0. The molecule has 1 atom stereocenters. The lowest BCUT2D eigenvalue weighted by atomic mass is 9.99. The van der Waals surface area contributed by atoms with Crippen molar-refractivity contribution >= 4 is 0 Å². The molecule has 0 saturated heterocycles. The van der Waals surface area contributed by atoms with Crippen molar-refractivity contribution in [1.29, 1.82) is 0 Å². The van der Waals surface area contributed by atoms with E-state index >= 15 is 0 Å². The second-order valence-electron chi connectivity index (χ2n) is 3.20. The van der Waals surface area contributed by atoms with Gasteiger partial charge in [-0.2, -0.15) is 0 Å². The maximum absolute atomic E-state index is 2.30. The van der Waals surface area contributed by atoms with Crippen LogP contribution in [0.1, 0.15) is 27.3 Å². The van der Waals surface area contributed by atoms with Gasteiger partial charge in [-0.25, -0.2) is 0 Å². The van der Waals surface area contributed by atoms with E-state index in [0.29, 0.717) is 0 Å². The molecular formula is C11H18. The van der Waals surface area contributed by atoms with Crippen LogP contribution in [0.15, 0.2) is 30.3 Å². The van der Waals surface area contributed by atoms with Crippen molar-refractivity contribution in [3.05, 3.63) is 35.9 Å². The summed E-state index contributed by atoms with van der Waals surface area (Å²) in [6.45, 7) is 4.54. The van der Waals surface area contributed by atoms with Gasteiger partial charge in [0.2, 0.25) is 0 Å². The summed E-state index contributed by atoms with van der Waals surface area (Å²) in [5, 5.41) is 0. The molecule has 1 aromatic rings. The van der Waals surface area contributed by atoms with E-state index in [4.69, 9.17) is 0 Å². The van der Waals surface area contributed by atoms with Gasteiger partial charge in [-0.15, -0.1) is 0 Å². The average Bonchev–Trinajstić information content (AvgIpc) is 2.06. The zero-order valence-corrected chi connectivity index (χ0v) is 7.38. The Balaban J connectivity index is 0.00000121. The van der Waals surface area contributed by atoms with E-state index < -0.39 is 0 Å². The quantitative estimate of drug-likeness (QED) is 0.618. The fourth-order valence-electron chi connectivity index (χ4n) is 1.16. The standard InChI is InChI=1S/C11H16.H2/c1-3-10(2)9-11-7-5-4-6-8-11;/h4-8,10H,3,9H2,1-2H3;1H/t10-;/m1./s1. The molecular weight excluding hydrogens is 132 g/mol. The summed E-state index contributed by atoms with van der Waals surface area (Å²) < 4.78 is 0. The Labute approximate surface area is 70.7 Å². The Bertz CT molecular complexity index is 193. The molecule has 0 nitrogen and oxygen atoms in total. The molecule has 0 heterocycles. The van der Waals surface area contributed by atoms with Crippen LogP contribution in [-0.2, 0) is 6.42 Å². The van der Waals surface area contributed by atoms with Gasteiger partial charge < -0.3 is 0 Å². The van der Waals surface area contributed by atoms with E-state index in [0.717, 1.165) is 5.92 Å². The lowest BCUT2D eigenvalue weighted by molar-refractivity contribution is 0.560. The fourth-order valence-corrected chi connectivity index (χ4v) is 1.16. The Hall–Kier alpha value is -0.780. The molecule has 0 aliphatic rings. The van der Waals surface area contributed by atoms with Crippen LogP contribution in [0.4, 0.5) is 0 Å². The van der Waals surface area contributed by atoms with Gasteiger partial charge in [-0.1, -0.05) is 50.6 Å². The van der Waals surface area contributed by atoms with E-state index in [1.54, 1.807) is 0 Å². The number of rotatable bonds is 3. The average molecular weight is 150 g/mol. The minimum atomic E-state index is 0. The van der Waals surface area contributed by atoms with Crippen LogP contribution in [0.25, 0.3) is 0 Å². The molecule has 0 aromatic heterocycles. The molecule has 0 spiro atoms. The first-order chi connectivity index (χ1) is 5.33. The predicted octanol–water partition coefficient (Wildman–Crippen LogP) is 3.52. The molecule has 0 amide bonds. The summed E-state index contributed by atoms with van der Waals surface area (Å²) in [4.78, 5) is 0. The molecule has 0 heteroatoms. The third-order valence-electron chi connectivity index (χ3n) is 2.12. The summed E-state index contributed by atoms with van der Waals surface area (Å²) in [6.07, 6.45) is 2.49. The lowest BCUT2D eigenvalue weighted by Crippen LogP contribution is -1.96. The first-order valence-corrected chi connectivity index (χ1v) is 4.37. The highest BCUT2D eigenvalue weighted by molar-refractivity contribution is 5.14. The first-order valence-electron chi connectivity index (χ1n) is 4.37. The largest absolute Gasteiger partial charge is 0.0651 e. The van der Waals surface area contributed by atoms with Gasteiger partial charge in [0.05, 0.1) is 0 Å². The van der Waals surface area contributed by atoms with Gasteiger partial charge in [0.25, 0.3) is 0 Å². The van der Waals surface area contributed by atoms with Crippen molar-refractivity contribution in [2.24, 2.45) is 5.92 Å². The second kappa shape index (κ2) is 4.17. The molecule has 11 heavy (non-hydrogen) atoms. The van der Waals surface area contributed by atoms with Gasteiger partial charge in [0.15, 0.2) is 0 Å². The fraction of sp³-hybridized carbons (Fsp3) is 0.455. The molecule has 62 valence electrons. The molecule has 0 fully saturated rings. The van der Waals surface area contributed by atoms with Crippen molar-refractivity contribution in [3.63, 3.8) is 0 Å². The third-order valence-corrected chi connectivity index (χ3v) is 2.12. The van der Waals surface area contributed by atoms with Crippen LogP contribution in [0.3, 0.4) is 0 Å². The van der Waals surface area contributed by atoms with Gasteiger partial charge in [-0.3, -0.25) is 0 Å². The van der Waals surface area contributed by atoms with Crippen molar-refractivity contribution in [2.75, 3.05) is 0 Å². The van der Waals surface area contributed by atoms with Gasteiger partial charge in [0, 0.05) is 1.43 Å². The molecule has 0 unspecified atom stereocenters. The topological polar surface area (TPSA) is 0 Å². The molecule has 0 bridgehead atoms. The number of hydrogen-bond acceptors (Lipinski definition) is 0. The van der Waals surface area contributed by atoms with Crippen LogP contribution in [0.5, 0.6) is 0 Å². The summed E-state index contributed by atoms with van der Waals surface area (Å²) >= 11 is 0. The summed E-state index contributed by atoms with van der Waals surface area (Å²) in [7, 11) is 0. The monoisotopic (exact) mass is 150 g/mol. The van der Waals surface area contributed by atoms with Crippen molar-refractivity contribution in [3.8, 4) is 0 Å².